The Hall–Kier alpha value is -6.22. The van der Waals surface area contributed by atoms with E-state index in [1.165, 1.54) is 31.5 Å². The van der Waals surface area contributed by atoms with Gasteiger partial charge in [-0.25, -0.2) is 0 Å². The Morgan fingerprint density at radius 1 is 0.254 bits per heavy atom. The first-order valence-electron chi connectivity index (χ1n) is 24.0. The largest absolute Gasteiger partial charge is 0.345 e. The van der Waals surface area contributed by atoms with Crippen LogP contribution in [-0.2, 0) is 0 Å². The highest BCUT2D eigenvalue weighted by Crippen LogP contribution is 2.33. The molecular formula is C65H87NS. The van der Waals surface area contributed by atoms with Crippen LogP contribution in [0.1, 0.15) is 96.9 Å². The van der Waals surface area contributed by atoms with Gasteiger partial charge in [0.25, 0.3) is 0 Å². The van der Waals surface area contributed by atoms with Gasteiger partial charge in [0.1, 0.15) is 0 Å². The molecule has 1 heterocycles. The van der Waals surface area contributed by atoms with Crippen molar-refractivity contribution in [2.75, 3.05) is 11.9 Å². The molecule has 0 fully saturated rings. The number of fused-ring (bicyclic) bond motifs is 3. The van der Waals surface area contributed by atoms with Crippen molar-refractivity contribution >= 4 is 42.9 Å². The van der Waals surface area contributed by atoms with Gasteiger partial charge in [0.05, 0.1) is 0 Å². The van der Waals surface area contributed by atoms with Crippen LogP contribution in [0.3, 0.4) is 0 Å². The molecule has 0 saturated carbocycles. The van der Waals surface area contributed by atoms with Crippen LogP contribution in [0.15, 0.2) is 255 Å². The second-order valence-corrected chi connectivity index (χ2v) is 18.0. The maximum atomic E-state index is 2.19. The standard InChI is InChI=1S/C13H13N.C12H8S.4C6H6.2C5H12.3C2H6/c1-14(12-8-4-2-5-9-12)13-10-6-3-7-11-13;1-3-7-11-9(5-1)10-6-2-4-8-12(10)13-11;4*1-2-4-6-5-3-1;2*1-5(2,3)4;3*1-2/h2-11H,1H3;1-8H;4*1-6H;2*1-4H3;3*1-2H3. The van der Waals surface area contributed by atoms with Crippen molar-refractivity contribution in [1.29, 1.82) is 0 Å². The number of anilines is 2. The summed E-state index contributed by atoms with van der Waals surface area (Å²) in [6.07, 6.45) is 0. The summed E-state index contributed by atoms with van der Waals surface area (Å²) in [5, 5.41) is 2.76. The van der Waals surface area contributed by atoms with Gasteiger partial charge >= 0.3 is 0 Å². The van der Waals surface area contributed by atoms with E-state index in [9.17, 15) is 0 Å². The van der Waals surface area contributed by atoms with E-state index in [4.69, 9.17) is 0 Å². The van der Waals surface area contributed by atoms with Gasteiger partial charge < -0.3 is 4.90 Å². The van der Waals surface area contributed by atoms with E-state index in [-0.39, 0.29) is 0 Å². The third-order valence-corrected chi connectivity index (χ3v) is 8.39. The summed E-state index contributed by atoms with van der Waals surface area (Å²) in [5.74, 6) is 0. The van der Waals surface area contributed by atoms with Crippen molar-refractivity contribution in [3.05, 3.63) is 255 Å². The summed E-state index contributed by atoms with van der Waals surface area (Å²) >= 11 is 1.86. The maximum Gasteiger partial charge on any atom is 0.0408 e. The van der Waals surface area contributed by atoms with Crippen LogP contribution in [0.5, 0.6) is 0 Å². The van der Waals surface area contributed by atoms with Crippen molar-refractivity contribution in [2.45, 2.75) is 96.9 Å². The molecule has 0 bridgehead atoms. The zero-order chi connectivity index (χ0) is 50.4. The lowest BCUT2D eigenvalue weighted by Gasteiger charge is -2.18. The zero-order valence-corrected chi connectivity index (χ0v) is 44.9. The Morgan fingerprint density at radius 3 is 0.597 bits per heavy atom. The number of hydrogen-bond donors (Lipinski definition) is 0. The average Bonchev–Trinajstić information content (AvgIpc) is 3.77. The molecule has 0 atom stereocenters. The minimum atomic E-state index is 0.500. The normalized spacial score (nSPS) is 9.12. The molecule has 358 valence electrons. The van der Waals surface area contributed by atoms with Crippen LogP contribution in [0.25, 0.3) is 20.2 Å². The number of benzene rings is 8. The SMILES string of the molecule is CC.CC.CC.CC(C)(C)C.CC(C)(C)C.CN(c1ccccc1)c1ccccc1.c1ccc2c(c1)sc1ccccc12.c1ccccc1.c1ccccc1.c1ccccc1.c1ccccc1. The van der Waals surface area contributed by atoms with Gasteiger partial charge in [0, 0.05) is 38.6 Å². The first kappa shape index (κ1) is 62.9. The van der Waals surface area contributed by atoms with E-state index < -0.39 is 0 Å². The van der Waals surface area contributed by atoms with Crippen LogP contribution in [0.2, 0.25) is 0 Å². The Balaban J connectivity index is 0. The number of nitrogens with zero attached hydrogens (tertiary/aromatic N) is 1. The van der Waals surface area contributed by atoms with Crippen LogP contribution < -0.4 is 4.90 Å². The van der Waals surface area contributed by atoms with Gasteiger partial charge in [-0.1, -0.05) is 315 Å². The lowest BCUT2D eigenvalue weighted by Crippen LogP contribution is -2.08. The average molecular weight is 914 g/mol. The van der Waals surface area contributed by atoms with E-state index in [0.29, 0.717) is 10.8 Å². The molecule has 2 heteroatoms. The van der Waals surface area contributed by atoms with Crippen molar-refractivity contribution in [3.8, 4) is 0 Å². The predicted octanol–water partition coefficient (Wildman–Crippen LogP) is 21.4. The van der Waals surface area contributed by atoms with Crippen molar-refractivity contribution < 1.29 is 0 Å². The van der Waals surface area contributed by atoms with Gasteiger partial charge in [-0.15, -0.1) is 11.3 Å². The molecule has 9 aromatic rings. The number of rotatable bonds is 2. The van der Waals surface area contributed by atoms with Crippen molar-refractivity contribution in [3.63, 3.8) is 0 Å². The third kappa shape index (κ3) is 38.7. The summed E-state index contributed by atoms with van der Waals surface area (Å²) in [6, 6.07) is 85.8. The monoisotopic (exact) mass is 914 g/mol. The first-order chi connectivity index (χ1) is 32.3. The van der Waals surface area contributed by atoms with E-state index in [0.717, 1.165) is 0 Å². The van der Waals surface area contributed by atoms with E-state index in [1.54, 1.807) is 0 Å². The Bertz CT molecular complexity index is 1930. The molecular weight excluding hydrogens is 827 g/mol. The Morgan fingerprint density at radius 2 is 0.403 bits per heavy atom. The minimum absolute atomic E-state index is 0.500. The van der Waals surface area contributed by atoms with Gasteiger partial charge in [0.15, 0.2) is 0 Å². The molecule has 67 heavy (non-hydrogen) atoms. The lowest BCUT2D eigenvalue weighted by atomic mass is 10.0. The topological polar surface area (TPSA) is 3.24 Å². The van der Waals surface area contributed by atoms with E-state index in [1.807, 2.05) is 211 Å². The predicted molar refractivity (Wildman–Crippen MR) is 310 cm³/mol. The minimum Gasteiger partial charge on any atom is -0.345 e. The summed E-state index contributed by atoms with van der Waals surface area (Å²) in [7, 11) is 2.07. The highest BCUT2D eigenvalue weighted by molar-refractivity contribution is 7.25. The number of para-hydroxylation sites is 2. The fourth-order valence-electron chi connectivity index (χ4n) is 4.67. The molecule has 1 nitrogen and oxygen atoms in total. The van der Waals surface area contributed by atoms with Gasteiger partial charge in [-0.2, -0.15) is 0 Å². The molecule has 0 saturated heterocycles. The number of hydrogen-bond acceptors (Lipinski definition) is 2. The maximum absolute atomic E-state index is 2.19. The van der Waals surface area contributed by atoms with Crippen molar-refractivity contribution in [2.24, 2.45) is 10.8 Å². The lowest BCUT2D eigenvalue weighted by molar-refractivity contribution is 0.469. The molecule has 0 aliphatic heterocycles. The summed E-state index contributed by atoms with van der Waals surface area (Å²) < 4.78 is 2.76. The zero-order valence-electron chi connectivity index (χ0n) is 44.1. The molecule has 0 N–H and O–H groups in total. The quantitative estimate of drug-likeness (QED) is 0.167. The molecule has 9 rings (SSSR count). The summed E-state index contributed by atoms with van der Waals surface area (Å²) in [6.45, 7) is 29.5. The Kier molecular flexibility index (Phi) is 39.8. The molecule has 1 aromatic heterocycles. The molecule has 0 amide bonds. The smallest absolute Gasteiger partial charge is 0.0408 e. The third-order valence-electron chi connectivity index (χ3n) is 7.24. The van der Waals surface area contributed by atoms with E-state index >= 15 is 0 Å². The van der Waals surface area contributed by atoms with Crippen molar-refractivity contribution in [1.82, 2.24) is 0 Å². The highest BCUT2D eigenvalue weighted by Gasteiger charge is 2.02. The highest BCUT2D eigenvalue weighted by atomic mass is 32.1. The van der Waals surface area contributed by atoms with Crippen LogP contribution >= 0.6 is 11.3 Å². The van der Waals surface area contributed by atoms with Crippen LogP contribution in [0.4, 0.5) is 11.4 Å². The molecule has 0 aliphatic carbocycles. The van der Waals surface area contributed by atoms with Crippen LogP contribution in [-0.4, -0.2) is 7.05 Å². The van der Waals surface area contributed by atoms with Gasteiger partial charge in [-0.05, 0) is 47.2 Å². The second-order valence-electron chi connectivity index (χ2n) is 16.9. The fourth-order valence-corrected chi connectivity index (χ4v) is 5.77. The fraction of sp³-hybridized carbons (Fsp3) is 0.262. The molecule has 0 spiro atoms. The molecule has 0 radical (unpaired) electrons. The summed E-state index contributed by atoms with van der Waals surface area (Å²) in [4.78, 5) is 2.17. The van der Waals surface area contributed by atoms with E-state index in [2.05, 4.69) is 164 Å². The first-order valence-corrected chi connectivity index (χ1v) is 24.8. The molecule has 0 aliphatic rings. The van der Waals surface area contributed by atoms with Gasteiger partial charge in [0.2, 0.25) is 0 Å². The molecule has 8 aromatic carbocycles. The van der Waals surface area contributed by atoms with Crippen LogP contribution in [0, 0.1) is 10.8 Å². The second kappa shape index (κ2) is 42.4. The molecule has 0 unspecified atom stereocenters. The summed E-state index contributed by atoms with van der Waals surface area (Å²) in [5.41, 5.74) is 3.41. The number of thiophene rings is 1. The Labute approximate surface area is 415 Å². The van der Waals surface area contributed by atoms with Gasteiger partial charge in [-0.3, -0.25) is 0 Å².